The molecule has 2 N–H and O–H groups in total. The maximum absolute atomic E-state index is 12.7. The van der Waals surface area contributed by atoms with Crippen molar-refractivity contribution in [1.29, 1.82) is 0 Å². The molecule has 1 aliphatic heterocycles. The molecule has 132 valence electrons. The van der Waals surface area contributed by atoms with Crippen molar-refractivity contribution < 1.29 is 9.59 Å². The van der Waals surface area contributed by atoms with Crippen molar-refractivity contribution in [3.63, 3.8) is 0 Å². The van der Waals surface area contributed by atoms with Gasteiger partial charge in [0.15, 0.2) is 0 Å². The first-order valence-corrected chi connectivity index (χ1v) is 9.04. The van der Waals surface area contributed by atoms with Crippen LogP contribution in [0.3, 0.4) is 0 Å². The molecule has 3 amide bonds. The first-order chi connectivity index (χ1) is 11.7. The molecule has 2 rings (SSSR count). The highest BCUT2D eigenvalue weighted by atomic mass is 16.2. The average molecular weight is 331 g/mol. The molecule has 2 atom stereocenters. The van der Waals surface area contributed by atoms with Crippen LogP contribution in [-0.2, 0) is 4.79 Å². The number of rotatable bonds is 6. The van der Waals surface area contributed by atoms with Crippen molar-refractivity contribution in [3.8, 4) is 0 Å². The molecule has 5 heteroatoms. The number of hydrogen-bond donors (Lipinski definition) is 2. The monoisotopic (exact) mass is 331 g/mol. The van der Waals surface area contributed by atoms with Gasteiger partial charge < -0.3 is 15.5 Å². The number of urea groups is 1. The highest BCUT2D eigenvalue weighted by Crippen LogP contribution is 2.33. The molecule has 1 saturated heterocycles. The molecule has 1 aromatic carbocycles. The Kier molecular flexibility index (Phi) is 7.09. The molecule has 0 aromatic heterocycles. The number of amides is 3. The van der Waals surface area contributed by atoms with Crippen LogP contribution in [0.5, 0.6) is 0 Å². The highest BCUT2D eigenvalue weighted by molar-refractivity contribution is 5.81. The summed E-state index contributed by atoms with van der Waals surface area (Å²) in [7, 11) is 0. The quantitative estimate of drug-likeness (QED) is 0.787. The molecule has 0 unspecified atom stereocenters. The van der Waals surface area contributed by atoms with Gasteiger partial charge >= 0.3 is 6.03 Å². The molecule has 5 nitrogen and oxygen atoms in total. The Labute approximate surface area is 144 Å². The zero-order chi connectivity index (χ0) is 17.4. The van der Waals surface area contributed by atoms with Crippen molar-refractivity contribution in [2.24, 2.45) is 5.92 Å². The minimum Gasteiger partial charge on any atom is -0.356 e. The third-order valence-corrected chi connectivity index (χ3v) is 4.56. The van der Waals surface area contributed by atoms with Crippen LogP contribution in [0, 0.1) is 5.92 Å². The van der Waals surface area contributed by atoms with Gasteiger partial charge in [-0.15, -0.1) is 0 Å². The molecule has 0 saturated carbocycles. The lowest BCUT2D eigenvalue weighted by molar-refractivity contribution is -0.126. The summed E-state index contributed by atoms with van der Waals surface area (Å²) in [6, 6.07) is 10.1. The summed E-state index contributed by atoms with van der Waals surface area (Å²) in [5.41, 5.74) is 1.14. The standard InChI is InChI=1S/C19H29N3O2/c1-3-5-13-21-19(24)22-14-16(18(23)20-4-2)11-12-17(22)15-9-7-6-8-10-15/h6-10,16-17H,3-5,11-14H2,1-2H3,(H,20,23)(H,21,24)/t16-,17-/m1/s1. The summed E-state index contributed by atoms with van der Waals surface area (Å²) < 4.78 is 0. The van der Waals surface area contributed by atoms with E-state index in [2.05, 4.69) is 29.7 Å². The van der Waals surface area contributed by atoms with E-state index in [1.807, 2.05) is 30.0 Å². The molecule has 1 fully saturated rings. The number of hydrogen-bond acceptors (Lipinski definition) is 2. The van der Waals surface area contributed by atoms with Crippen molar-refractivity contribution >= 4 is 11.9 Å². The Balaban J connectivity index is 2.11. The van der Waals surface area contributed by atoms with Crippen LogP contribution in [0.25, 0.3) is 0 Å². The highest BCUT2D eigenvalue weighted by Gasteiger charge is 2.35. The second kappa shape index (κ2) is 9.30. The Morgan fingerprint density at radius 2 is 1.88 bits per heavy atom. The van der Waals surface area contributed by atoms with E-state index in [-0.39, 0.29) is 23.9 Å². The van der Waals surface area contributed by atoms with E-state index in [4.69, 9.17) is 0 Å². The average Bonchev–Trinajstić information content (AvgIpc) is 2.62. The number of nitrogens with one attached hydrogen (secondary N) is 2. The fourth-order valence-electron chi connectivity index (χ4n) is 3.22. The number of benzene rings is 1. The first-order valence-electron chi connectivity index (χ1n) is 9.04. The maximum Gasteiger partial charge on any atom is 0.317 e. The van der Waals surface area contributed by atoms with Gasteiger partial charge in [0.1, 0.15) is 0 Å². The van der Waals surface area contributed by atoms with Gasteiger partial charge in [0.05, 0.1) is 12.0 Å². The Morgan fingerprint density at radius 3 is 2.54 bits per heavy atom. The van der Waals surface area contributed by atoms with Crippen molar-refractivity contribution in [2.45, 2.75) is 45.6 Å². The Bertz CT molecular complexity index is 533. The van der Waals surface area contributed by atoms with Crippen LogP contribution in [-0.4, -0.2) is 36.5 Å². The van der Waals surface area contributed by atoms with E-state index >= 15 is 0 Å². The summed E-state index contributed by atoms with van der Waals surface area (Å²) in [4.78, 5) is 26.7. The third-order valence-electron chi connectivity index (χ3n) is 4.56. The fourth-order valence-corrected chi connectivity index (χ4v) is 3.22. The zero-order valence-electron chi connectivity index (χ0n) is 14.8. The minimum absolute atomic E-state index is 0.0403. The Hall–Kier alpha value is -2.04. The van der Waals surface area contributed by atoms with E-state index in [1.54, 1.807) is 0 Å². The normalized spacial score (nSPS) is 20.5. The molecular formula is C19H29N3O2. The predicted octanol–water partition coefficient (Wildman–Crippen LogP) is 3.09. The summed E-state index contributed by atoms with van der Waals surface area (Å²) in [6.45, 7) is 5.80. The zero-order valence-corrected chi connectivity index (χ0v) is 14.8. The van der Waals surface area contributed by atoms with E-state index < -0.39 is 0 Å². The van der Waals surface area contributed by atoms with Gasteiger partial charge in [0, 0.05) is 19.6 Å². The largest absolute Gasteiger partial charge is 0.356 e. The van der Waals surface area contributed by atoms with Crippen LogP contribution < -0.4 is 10.6 Å². The number of likely N-dealkylation sites (tertiary alicyclic amines) is 1. The second-order valence-corrected chi connectivity index (χ2v) is 6.33. The molecule has 0 radical (unpaired) electrons. The topological polar surface area (TPSA) is 61.4 Å². The van der Waals surface area contributed by atoms with E-state index in [0.717, 1.165) is 31.2 Å². The summed E-state index contributed by atoms with van der Waals surface area (Å²) in [5.74, 6) is -0.0720. The molecule has 0 spiro atoms. The third kappa shape index (κ3) is 4.73. The van der Waals surface area contributed by atoms with Crippen LogP contribution in [0.4, 0.5) is 4.79 Å². The summed E-state index contributed by atoms with van der Waals surface area (Å²) >= 11 is 0. The second-order valence-electron chi connectivity index (χ2n) is 6.33. The number of carbonyl (C=O) groups is 2. The number of piperidine rings is 1. The molecule has 1 aromatic rings. The number of carbonyl (C=O) groups excluding carboxylic acids is 2. The van der Waals surface area contributed by atoms with Crippen LogP contribution >= 0.6 is 0 Å². The van der Waals surface area contributed by atoms with E-state index in [9.17, 15) is 9.59 Å². The van der Waals surface area contributed by atoms with Gasteiger partial charge in [-0.2, -0.15) is 0 Å². The number of nitrogens with zero attached hydrogens (tertiary/aromatic N) is 1. The molecular weight excluding hydrogens is 302 g/mol. The van der Waals surface area contributed by atoms with Crippen LogP contribution in [0.15, 0.2) is 30.3 Å². The van der Waals surface area contributed by atoms with Gasteiger partial charge in [-0.05, 0) is 31.7 Å². The molecule has 24 heavy (non-hydrogen) atoms. The van der Waals surface area contributed by atoms with Gasteiger partial charge in [-0.25, -0.2) is 4.79 Å². The summed E-state index contributed by atoms with van der Waals surface area (Å²) in [5, 5.41) is 5.88. The van der Waals surface area contributed by atoms with Gasteiger partial charge in [0.25, 0.3) is 0 Å². The van der Waals surface area contributed by atoms with Crippen molar-refractivity contribution in [1.82, 2.24) is 15.5 Å². The van der Waals surface area contributed by atoms with Gasteiger partial charge in [-0.1, -0.05) is 43.7 Å². The lowest BCUT2D eigenvalue weighted by Crippen LogP contribution is -2.50. The van der Waals surface area contributed by atoms with E-state index in [0.29, 0.717) is 19.6 Å². The van der Waals surface area contributed by atoms with Crippen molar-refractivity contribution in [3.05, 3.63) is 35.9 Å². The molecule has 1 aliphatic rings. The van der Waals surface area contributed by atoms with Gasteiger partial charge in [0.2, 0.25) is 5.91 Å². The smallest absolute Gasteiger partial charge is 0.317 e. The molecule has 0 aliphatic carbocycles. The lowest BCUT2D eigenvalue weighted by Gasteiger charge is -2.39. The van der Waals surface area contributed by atoms with Crippen LogP contribution in [0.1, 0.15) is 51.1 Å². The lowest BCUT2D eigenvalue weighted by atomic mass is 9.88. The van der Waals surface area contributed by atoms with Crippen molar-refractivity contribution in [2.75, 3.05) is 19.6 Å². The maximum atomic E-state index is 12.7. The Morgan fingerprint density at radius 1 is 1.12 bits per heavy atom. The first kappa shape index (κ1) is 18.3. The predicted molar refractivity (Wildman–Crippen MR) is 95.6 cm³/mol. The minimum atomic E-state index is -0.123. The van der Waals surface area contributed by atoms with E-state index in [1.165, 1.54) is 0 Å². The SMILES string of the molecule is CCCCNC(=O)N1C[C@H](C(=O)NCC)CC[C@@H]1c1ccccc1. The molecule has 1 heterocycles. The molecule has 0 bridgehead atoms. The van der Waals surface area contributed by atoms with Gasteiger partial charge in [-0.3, -0.25) is 4.79 Å². The van der Waals surface area contributed by atoms with Crippen LogP contribution in [0.2, 0.25) is 0 Å². The fraction of sp³-hybridized carbons (Fsp3) is 0.579. The number of unbranched alkanes of at least 4 members (excludes halogenated alkanes) is 1. The summed E-state index contributed by atoms with van der Waals surface area (Å²) in [6.07, 6.45) is 3.64.